The van der Waals surface area contributed by atoms with E-state index in [0.717, 1.165) is 35.0 Å². The SMILES string of the molecule is Cc1cccc(CC(=O)N=C2S[C@H]3CS(=O)(=O)C[C@@H]3N2c2ccc(F)cc2F)c1. The van der Waals surface area contributed by atoms with E-state index in [1.54, 1.807) is 0 Å². The van der Waals surface area contributed by atoms with Crippen molar-refractivity contribution in [1.82, 2.24) is 0 Å². The number of benzene rings is 2. The largest absolute Gasteiger partial charge is 0.313 e. The van der Waals surface area contributed by atoms with Crippen LogP contribution in [-0.2, 0) is 21.1 Å². The fourth-order valence-corrected chi connectivity index (χ4v) is 7.59. The van der Waals surface area contributed by atoms with Gasteiger partial charge >= 0.3 is 0 Å². The monoisotopic (exact) mass is 436 g/mol. The summed E-state index contributed by atoms with van der Waals surface area (Å²) in [7, 11) is -3.27. The molecule has 5 nitrogen and oxygen atoms in total. The Labute approximate surface area is 171 Å². The maximum atomic E-state index is 14.5. The number of amides is 1. The molecule has 0 aromatic heterocycles. The molecular formula is C20H18F2N2O3S2. The molecule has 2 heterocycles. The topological polar surface area (TPSA) is 66.8 Å². The first-order valence-electron chi connectivity index (χ1n) is 9.00. The van der Waals surface area contributed by atoms with Gasteiger partial charge in [-0.2, -0.15) is 4.99 Å². The number of hydrogen-bond acceptors (Lipinski definition) is 4. The zero-order valence-corrected chi connectivity index (χ0v) is 17.1. The zero-order chi connectivity index (χ0) is 20.8. The van der Waals surface area contributed by atoms with Gasteiger partial charge in [0.25, 0.3) is 5.91 Å². The number of amidine groups is 1. The Morgan fingerprint density at radius 1 is 1.21 bits per heavy atom. The van der Waals surface area contributed by atoms with Crippen LogP contribution in [0.25, 0.3) is 0 Å². The van der Waals surface area contributed by atoms with Crippen LogP contribution in [-0.4, -0.2) is 42.3 Å². The van der Waals surface area contributed by atoms with Crippen molar-refractivity contribution < 1.29 is 22.0 Å². The number of sulfone groups is 1. The summed E-state index contributed by atoms with van der Waals surface area (Å²) in [5.41, 5.74) is 1.85. The van der Waals surface area contributed by atoms with Crippen molar-refractivity contribution in [2.24, 2.45) is 4.99 Å². The van der Waals surface area contributed by atoms with Gasteiger partial charge in [0.1, 0.15) is 11.6 Å². The number of halogens is 2. The number of hydrogen-bond donors (Lipinski definition) is 0. The summed E-state index contributed by atoms with van der Waals surface area (Å²) < 4.78 is 52.0. The first-order chi connectivity index (χ1) is 13.7. The molecule has 0 N–H and O–H groups in total. The van der Waals surface area contributed by atoms with Crippen molar-refractivity contribution in [3.05, 3.63) is 65.2 Å². The van der Waals surface area contributed by atoms with Crippen molar-refractivity contribution in [3.8, 4) is 0 Å². The zero-order valence-electron chi connectivity index (χ0n) is 15.5. The second-order valence-corrected chi connectivity index (χ2v) is 10.6. The van der Waals surface area contributed by atoms with E-state index in [4.69, 9.17) is 0 Å². The molecule has 2 aromatic carbocycles. The maximum absolute atomic E-state index is 14.5. The van der Waals surface area contributed by atoms with Gasteiger partial charge in [-0.3, -0.25) is 4.79 Å². The Hall–Kier alpha value is -2.26. The third-order valence-corrected chi connectivity index (χ3v) is 8.10. The van der Waals surface area contributed by atoms with Crippen LogP contribution in [0.3, 0.4) is 0 Å². The molecule has 2 aliphatic rings. The van der Waals surface area contributed by atoms with Gasteiger partial charge in [-0.25, -0.2) is 17.2 Å². The fraction of sp³-hybridized carbons (Fsp3) is 0.300. The van der Waals surface area contributed by atoms with Gasteiger partial charge < -0.3 is 4.90 Å². The summed E-state index contributed by atoms with van der Waals surface area (Å²) in [5.74, 6) is -2.19. The molecule has 2 fully saturated rings. The normalized spacial score (nSPS) is 24.1. The smallest absolute Gasteiger partial charge is 0.252 e. The quantitative estimate of drug-likeness (QED) is 0.740. The Morgan fingerprint density at radius 3 is 2.72 bits per heavy atom. The molecular weight excluding hydrogens is 418 g/mol. The molecule has 152 valence electrons. The number of carbonyl (C=O) groups excluding carboxylic acids is 1. The highest BCUT2D eigenvalue weighted by atomic mass is 32.2. The van der Waals surface area contributed by atoms with E-state index >= 15 is 0 Å². The molecule has 0 saturated carbocycles. The highest BCUT2D eigenvalue weighted by Gasteiger charge is 2.50. The van der Waals surface area contributed by atoms with E-state index in [1.807, 2.05) is 31.2 Å². The lowest BCUT2D eigenvalue weighted by Crippen LogP contribution is -2.38. The van der Waals surface area contributed by atoms with Gasteiger partial charge in [-0.15, -0.1) is 0 Å². The summed E-state index contributed by atoms with van der Waals surface area (Å²) in [6.45, 7) is 1.92. The van der Waals surface area contributed by atoms with E-state index in [-0.39, 0.29) is 34.0 Å². The van der Waals surface area contributed by atoms with Gasteiger partial charge in [-0.05, 0) is 24.6 Å². The highest BCUT2D eigenvalue weighted by Crippen LogP contribution is 2.41. The molecule has 2 saturated heterocycles. The standard InChI is InChI=1S/C20H18F2N2O3S2/c1-12-3-2-4-13(7-12)8-19(25)23-20-24(16-6-5-14(21)9-15(16)22)17-10-29(26,27)11-18(17)28-20/h2-7,9,17-18H,8,10-11H2,1H3/t17-,18-/m0/s1. The molecule has 0 radical (unpaired) electrons. The molecule has 0 unspecified atom stereocenters. The summed E-state index contributed by atoms with van der Waals surface area (Å²) in [4.78, 5) is 18.1. The lowest BCUT2D eigenvalue weighted by atomic mass is 10.1. The molecule has 0 spiro atoms. The van der Waals surface area contributed by atoms with Crippen LogP contribution in [0.2, 0.25) is 0 Å². The first kappa shape index (κ1) is 20.0. The van der Waals surface area contributed by atoms with Crippen LogP contribution >= 0.6 is 11.8 Å². The van der Waals surface area contributed by atoms with E-state index in [0.29, 0.717) is 0 Å². The van der Waals surface area contributed by atoms with Crippen LogP contribution in [0, 0.1) is 18.6 Å². The number of rotatable bonds is 3. The Bertz CT molecular complexity index is 1120. The maximum Gasteiger partial charge on any atom is 0.252 e. The summed E-state index contributed by atoms with van der Waals surface area (Å²) in [5, 5.41) is -0.104. The Morgan fingerprint density at radius 2 is 2.00 bits per heavy atom. The van der Waals surface area contributed by atoms with Crippen molar-refractivity contribution >= 4 is 38.4 Å². The number of anilines is 1. The van der Waals surface area contributed by atoms with Gasteiger partial charge in [0.2, 0.25) is 0 Å². The molecule has 2 aromatic rings. The molecule has 0 aliphatic carbocycles. The number of aryl methyl sites for hydroxylation is 1. The van der Waals surface area contributed by atoms with Crippen molar-refractivity contribution in [1.29, 1.82) is 0 Å². The van der Waals surface area contributed by atoms with Gasteiger partial charge in [0, 0.05) is 11.3 Å². The number of carbonyl (C=O) groups is 1. The van der Waals surface area contributed by atoms with Crippen LogP contribution < -0.4 is 4.90 Å². The lowest BCUT2D eigenvalue weighted by Gasteiger charge is -2.24. The summed E-state index contributed by atoms with van der Waals surface area (Å²) >= 11 is 1.16. The number of thioether (sulfide) groups is 1. The first-order valence-corrected chi connectivity index (χ1v) is 11.7. The highest BCUT2D eigenvalue weighted by molar-refractivity contribution is 8.16. The number of nitrogens with zero attached hydrogens (tertiary/aromatic N) is 2. The summed E-state index contributed by atoms with van der Waals surface area (Å²) in [6.07, 6.45) is 0.0825. The van der Waals surface area contributed by atoms with E-state index in [1.165, 1.54) is 11.0 Å². The number of fused-ring (bicyclic) bond motifs is 1. The Kier molecular flexibility index (Phi) is 5.20. The predicted molar refractivity (Wildman–Crippen MR) is 110 cm³/mol. The van der Waals surface area contributed by atoms with E-state index in [9.17, 15) is 22.0 Å². The minimum absolute atomic E-state index is 0.0191. The molecule has 2 atom stereocenters. The minimum atomic E-state index is -3.27. The van der Waals surface area contributed by atoms with Crippen molar-refractivity contribution in [2.45, 2.75) is 24.6 Å². The van der Waals surface area contributed by atoms with Gasteiger partial charge in [0.05, 0.1) is 29.7 Å². The fourth-order valence-electron chi connectivity index (χ4n) is 3.67. The average molecular weight is 437 g/mol. The second-order valence-electron chi connectivity index (χ2n) is 7.22. The molecule has 0 bridgehead atoms. The van der Waals surface area contributed by atoms with Crippen LogP contribution in [0.15, 0.2) is 47.5 Å². The summed E-state index contributed by atoms with van der Waals surface area (Å²) in [6, 6.07) is 10.0. The molecule has 29 heavy (non-hydrogen) atoms. The van der Waals surface area contributed by atoms with Crippen molar-refractivity contribution in [3.63, 3.8) is 0 Å². The lowest BCUT2D eigenvalue weighted by molar-refractivity contribution is -0.117. The second kappa shape index (κ2) is 7.53. The third kappa shape index (κ3) is 4.20. The molecule has 2 aliphatic heterocycles. The van der Waals surface area contributed by atoms with Crippen LogP contribution in [0.1, 0.15) is 11.1 Å². The average Bonchev–Trinajstić information content (AvgIpc) is 3.06. The van der Waals surface area contributed by atoms with E-state index < -0.39 is 33.4 Å². The number of aliphatic imine (C=N–C) groups is 1. The van der Waals surface area contributed by atoms with Crippen LogP contribution in [0.5, 0.6) is 0 Å². The molecule has 9 heteroatoms. The van der Waals surface area contributed by atoms with Gasteiger partial charge in [0.15, 0.2) is 15.0 Å². The molecule has 1 amide bonds. The van der Waals surface area contributed by atoms with E-state index in [2.05, 4.69) is 4.99 Å². The van der Waals surface area contributed by atoms with Crippen molar-refractivity contribution in [2.75, 3.05) is 16.4 Å². The molecule has 4 rings (SSSR count). The Balaban J connectivity index is 1.67. The van der Waals surface area contributed by atoms with Gasteiger partial charge in [-0.1, -0.05) is 41.6 Å². The minimum Gasteiger partial charge on any atom is -0.313 e. The van der Waals surface area contributed by atoms with Crippen LogP contribution in [0.4, 0.5) is 14.5 Å². The predicted octanol–water partition coefficient (Wildman–Crippen LogP) is 3.12. The third-order valence-electron chi connectivity index (χ3n) is 4.89.